The summed E-state index contributed by atoms with van der Waals surface area (Å²) < 4.78 is 2.30. The number of aryl methyl sites for hydroxylation is 1. The van der Waals surface area contributed by atoms with E-state index < -0.39 is 0 Å². The van der Waals surface area contributed by atoms with Crippen LogP contribution in [0.25, 0.3) is 10.9 Å². The zero-order chi connectivity index (χ0) is 13.9. The number of fused-ring (bicyclic) bond motifs is 1. The second-order valence-corrected chi connectivity index (χ2v) is 5.86. The predicted octanol–water partition coefficient (Wildman–Crippen LogP) is 3.43. The predicted molar refractivity (Wildman–Crippen MR) is 85.3 cm³/mol. The molecule has 104 valence electrons. The Morgan fingerprint density at radius 1 is 1.30 bits per heavy atom. The number of rotatable bonds is 5. The van der Waals surface area contributed by atoms with Crippen molar-refractivity contribution in [3.8, 4) is 0 Å². The van der Waals surface area contributed by atoms with Gasteiger partial charge in [0.25, 0.3) is 0 Å². The van der Waals surface area contributed by atoms with E-state index in [1.54, 1.807) is 11.3 Å². The highest BCUT2D eigenvalue weighted by Crippen LogP contribution is 2.22. The number of nitrogens with one attached hydrogen (secondary N) is 1. The Hall–Kier alpha value is -1.65. The molecule has 0 unspecified atom stereocenters. The molecule has 0 aliphatic rings. The highest BCUT2D eigenvalue weighted by molar-refractivity contribution is 7.09. The molecule has 0 atom stereocenters. The zero-order valence-electron chi connectivity index (χ0n) is 11.9. The van der Waals surface area contributed by atoms with Crippen molar-refractivity contribution in [2.45, 2.75) is 26.4 Å². The number of benzene rings is 1. The molecular weight excluding hydrogens is 266 g/mol. The Bertz CT molecular complexity index is 711. The van der Waals surface area contributed by atoms with Gasteiger partial charge in [0.05, 0.1) is 22.8 Å². The number of thiazole rings is 1. The molecule has 0 saturated carbocycles. The normalized spacial score (nSPS) is 11.3. The van der Waals surface area contributed by atoms with Crippen molar-refractivity contribution in [2.24, 2.45) is 0 Å². The van der Waals surface area contributed by atoms with Crippen LogP contribution in [0.15, 0.2) is 35.8 Å². The molecule has 0 aliphatic heterocycles. The van der Waals surface area contributed by atoms with Gasteiger partial charge in [-0.1, -0.05) is 25.1 Å². The molecule has 2 heterocycles. The molecule has 4 heteroatoms. The van der Waals surface area contributed by atoms with Crippen molar-refractivity contribution in [3.05, 3.63) is 52.1 Å². The summed E-state index contributed by atoms with van der Waals surface area (Å²) in [6.45, 7) is 3.89. The summed E-state index contributed by atoms with van der Waals surface area (Å²) in [4.78, 5) is 4.67. The maximum Gasteiger partial charge on any atom is 0.0926 e. The van der Waals surface area contributed by atoms with Gasteiger partial charge < -0.3 is 9.88 Å². The Morgan fingerprint density at radius 2 is 2.20 bits per heavy atom. The Kier molecular flexibility index (Phi) is 3.85. The molecule has 0 bridgehead atoms. The fourth-order valence-electron chi connectivity index (χ4n) is 2.56. The van der Waals surface area contributed by atoms with E-state index in [-0.39, 0.29) is 0 Å². The fraction of sp³-hybridized carbons (Fsp3) is 0.312. The van der Waals surface area contributed by atoms with Gasteiger partial charge in [-0.3, -0.25) is 0 Å². The summed E-state index contributed by atoms with van der Waals surface area (Å²) in [6, 6.07) is 8.66. The summed E-state index contributed by atoms with van der Waals surface area (Å²) in [5.74, 6) is 0. The molecule has 3 aromatic rings. The lowest BCUT2D eigenvalue weighted by Crippen LogP contribution is -2.08. The molecule has 20 heavy (non-hydrogen) atoms. The quantitative estimate of drug-likeness (QED) is 0.778. The second kappa shape index (κ2) is 5.77. The number of aromatic nitrogens is 2. The van der Waals surface area contributed by atoms with Crippen LogP contribution in [-0.2, 0) is 19.5 Å². The molecule has 1 aromatic carbocycles. The number of para-hydroxylation sites is 1. The Morgan fingerprint density at radius 3 is 2.95 bits per heavy atom. The van der Waals surface area contributed by atoms with Gasteiger partial charge in [0.1, 0.15) is 0 Å². The van der Waals surface area contributed by atoms with Gasteiger partial charge in [0, 0.05) is 18.1 Å². The molecular formula is C16H19N3S. The summed E-state index contributed by atoms with van der Waals surface area (Å²) in [7, 11) is 1.99. The van der Waals surface area contributed by atoms with Crippen LogP contribution in [-0.4, -0.2) is 16.6 Å². The van der Waals surface area contributed by atoms with Crippen molar-refractivity contribution in [1.82, 2.24) is 14.9 Å². The van der Waals surface area contributed by atoms with Crippen molar-refractivity contribution < 1.29 is 0 Å². The van der Waals surface area contributed by atoms with E-state index in [2.05, 4.69) is 57.6 Å². The molecule has 3 nitrogen and oxygen atoms in total. The van der Waals surface area contributed by atoms with E-state index >= 15 is 0 Å². The first-order valence-corrected chi connectivity index (χ1v) is 7.84. The van der Waals surface area contributed by atoms with E-state index in [0.717, 1.165) is 25.2 Å². The minimum absolute atomic E-state index is 0.848. The van der Waals surface area contributed by atoms with E-state index in [1.807, 2.05) is 7.05 Å². The van der Waals surface area contributed by atoms with Crippen LogP contribution in [0.5, 0.6) is 0 Å². The number of nitrogens with zero attached hydrogens (tertiary/aromatic N) is 2. The minimum atomic E-state index is 0.848. The highest BCUT2D eigenvalue weighted by Gasteiger charge is 2.08. The molecule has 0 saturated heterocycles. The molecule has 0 fully saturated rings. The Balaban J connectivity index is 1.98. The van der Waals surface area contributed by atoms with Crippen LogP contribution in [0.4, 0.5) is 0 Å². The third-order valence-corrected chi connectivity index (χ3v) is 4.52. The standard InChI is InChI=1S/C16H19N3S/c1-3-15-18-14(11-20-15)10-19-8-7-12-5-4-6-13(9-17-2)16(12)19/h4-8,11,17H,3,9-10H2,1-2H3. The van der Waals surface area contributed by atoms with Crippen molar-refractivity contribution in [2.75, 3.05) is 7.05 Å². The van der Waals surface area contributed by atoms with Crippen LogP contribution >= 0.6 is 11.3 Å². The highest BCUT2D eigenvalue weighted by atomic mass is 32.1. The molecule has 2 aromatic heterocycles. The third-order valence-electron chi connectivity index (χ3n) is 3.47. The van der Waals surface area contributed by atoms with Crippen molar-refractivity contribution in [3.63, 3.8) is 0 Å². The van der Waals surface area contributed by atoms with E-state index in [9.17, 15) is 0 Å². The summed E-state index contributed by atoms with van der Waals surface area (Å²) in [5.41, 5.74) is 3.80. The van der Waals surface area contributed by atoms with Crippen LogP contribution in [0.1, 0.15) is 23.2 Å². The maximum absolute atomic E-state index is 4.67. The fourth-order valence-corrected chi connectivity index (χ4v) is 3.30. The third kappa shape index (κ3) is 2.49. The van der Waals surface area contributed by atoms with Gasteiger partial charge in [-0.2, -0.15) is 0 Å². The van der Waals surface area contributed by atoms with Gasteiger partial charge in [0.15, 0.2) is 0 Å². The molecule has 0 spiro atoms. The lowest BCUT2D eigenvalue weighted by Gasteiger charge is -2.08. The number of hydrogen-bond acceptors (Lipinski definition) is 3. The van der Waals surface area contributed by atoms with Gasteiger partial charge in [-0.25, -0.2) is 4.98 Å². The van der Waals surface area contributed by atoms with Crippen LogP contribution in [0.2, 0.25) is 0 Å². The summed E-state index contributed by atoms with van der Waals surface area (Å²) in [6.07, 6.45) is 3.18. The van der Waals surface area contributed by atoms with E-state index in [4.69, 9.17) is 0 Å². The van der Waals surface area contributed by atoms with Crippen molar-refractivity contribution in [1.29, 1.82) is 0 Å². The second-order valence-electron chi connectivity index (χ2n) is 4.92. The van der Waals surface area contributed by atoms with E-state index in [0.29, 0.717) is 0 Å². The first-order chi connectivity index (χ1) is 9.81. The van der Waals surface area contributed by atoms with Crippen LogP contribution in [0.3, 0.4) is 0 Å². The molecule has 1 N–H and O–H groups in total. The average molecular weight is 285 g/mol. The molecule has 0 radical (unpaired) electrons. The minimum Gasteiger partial charge on any atom is -0.341 e. The van der Waals surface area contributed by atoms with Crippen LogP contribution < -0.4 is 5.32 Å². The molecule has 0 amide bonds. The average Bonchev–Trinajstić information content (AvgIpc) is 3.07. The maximum atomic E-state index is 4.67. The molecule has 3 rings (SSSR count). The lowest BCUT2D eigenvalue weighted by molar-refractivity contribution is 0.784. The topological polar surface area (TPSA) is 29.9 Å². The van der Waals surface area contributed by atoms with E-state index in [1.165, 1.54) is 21.5 Å². The number of hydrogen-bond donors (Lipinski definition) is 1. The van der Waals surface area contributed by atoms with Gasteiger partial charge >= 0.3 is 0 Å². The SMILES string of the molecule is CCc1nc(Cn2ccc3cccc(CNC)c32)cs1. The van der Waals surface area contributed by atoms with Crippen LogP contribution in [0, 0.1) is 0 Å². The first-order valence-electron chi connectivity index (χ1n) is 6.96. The first kappa shape index (κ1) is 13.3. The summed E-state index contributed by atoms with van der Waals surface area (Å²) >= 11 is 1.75. The lowest BCUT2D eigenvalue weighted by atomic mass is 10.1. The van der Waals surface area contributed by atoms with Gasteiger partial charge in [0.2, 0.25) is 0 Å². The van der Waals surface area contributed by atoms with Gasteiger partial charge in [-0.15, -0.1) is 11.3 Å². The summed E-state index contributed by atoms with van der Waals surface area (Å²) in [5, 5.41) is 7.93. The zero-order valence-corrected chi connectivity index (χ0v) is 12.7. The molecule has 0 aliphatic carbocycles. The smallest absolute Gasteiger partial charge is 0.0926 e. The monoisotopic (exact) mass is 285 g/mol. The van der Waals surface area contributed by atoms with Gasteiger partial charge in [-0.05, 0) is 30.5 Å². The van der Waals surface area contributed by atoms with Crippen molar-refractivity contribution >= 4 is 22.2 Å². The largest absolute Gasteiger partial charge is 0.341 e. The Labute approximate surface area is 123 Å².